The molecule has 4 fully saturated rings. The van der Waals surface area contributed by atoms with Gasteiger partial charge in [-0.25, -0.2) is 4.79 Å². The van der Waals surface area contributed by atoms with Gasteiger partial charge >= 0.3 is 5.97 Å². The van der Waals surface area contributed by atoms with Crippen molar-refractivity contribution < 1.29 is 15.0 Å². The molecular weight excluding hydrogens is 254 g/mol. The molecule has 1 aromatic heterocycles. The van der Waals surface area contributed by atoms with Gasteiger partial charge in [0, 0.05) is 11.6 Å². The van der Waals surface area contributed by atoms with Crippen molar-refractivity contribution in [3.8, 4) is 5.75 Å². The van der Waals surface area contributed by atoms with Crippen molar-refractivity contribution in [1.29, 1.82) is 0 Å². The quantitative estimate of drug-likeness (QED) is 0.869. The van der Waals surface area contributed by atoms with Gasteiger partial charge in [0.15, 0.2) is 0 Å². The number of carboxylic acid groups (broad SMARTS) is 1. The molecule has 4 heteroatoms. The minimum Gasteiger partial charge on any atom is -0.505 e. The summed E-state index contributed by atoms with van der Waals surface area (Å²) in [5.74, 6) is 2.23. The fourth-order valence-electron chi connectivity index (χ4n) is 5.23. The van der Waals surface area contributed by atoms with Crippen LogP contribution < -0.4 is 0 Å². The predicted molar refractivity (Wildman–Crippen MR) is 72.6 cm³/mol. The van der Waals surface area contributed by atoms with Crippen molar-refractivity contribution in [3.05, 3.63) is 23.5 Å². The minimum absolute atomic E-state index is 0.0104. The van der Waals surface area contributed by atoms with Crippen molar-refractivity contribution >= 4 is 5.97 Å². The lowest BCUT2D eigenvalue weighted by Crippen LogP contribution is -2.44. The number of nitrogens with zero attached hydrogens (tertiary/aromatic N) is 1. The summed E-state index contributed by atoms with van der Waals surface area (Å²) in [5, 5.41) is 18.8. The number of aromatic carboxylic acids is 1. The molecule has 1 heterocycles. The lowest BCUT2D eigenvalue weighted by Gasteiger charge is -2.54. The molecule has 0 atom stereocenters. The first-order chi connectivity index (χ1) is 9.61. The highest BCUT2D eigenvalue weighted by Gasteiger charge is 2.49. The van der Waals surface area contributed by atoms with Crippen LogP contribution in [0.2, 0.25) is 0 Å². The molecule has 4 nitrogen and oxygen atoms in total. The molecule has 4 saturated carbocycles. The Balaban J connectivity index is 1.71. The van der Waals surface area contributed by atoms with Crippen LogP contribution in [0.3, 0.4) is 0 Å². The Morgan fingerprint density at radius 3 is 2.25 bits per heavy atom. The van der Waals surface area contributed by atoms with E-state index >= 15 is 0 Å². The van der Waals surface area contributed by atoms with Crippen LogP contribution in [0.1, 0.15) is 54.1 Å². The Morgan fingerprint density at radius 2 is 1.70 bits per heavy atom. The molecule has 0 aliphatic heterocycles. The molecule has 4 aliphatic rings. The Labute approximate surface area is 117 Å². The van der Waals surface area contributed by atoms with E-state index in [1.54, 1.807) is 6.07 Å². The summed E-state index contributed by atoms with van der Waals surface area (Å²) in [6.45, 7) is 0. The highest BCUT2D eigenvalue weighted by molar-refractivity contribution is 5.90. The van der Waals surface area contributed by atoms with E-state index in [-0.39, 0.29) is 11.3 Å². The maximum absolute atomic E-state index is 11.2. The van der Waals surface area contributed by atoms with Crippen LogP contribution >= 0.6 is 0 Å². The number of carboxylic acids is 1. The fourth-order valence-corrected chi connectivity index (χ4v) is 5.23. The monoisotopic (exact) mass is 273 g/mol. The summed E-state index contributed by atoms with van der Waals surface area (Å²) in [4.78, 5) is 15.5. The number of pyridine rings is 1. The van der Waals surface area contributed by atoms with Crippen molar-refractivity contribution in [2.75, 3.05) is 0 Å². The summed E-state index contributed by atoms with van der Waals surface area (Å²) in [7, 11) is 0. The van der Waals surface area contributed by atoms with Gasteiger partial charge in [0.2, 0.25) is 0 Å². The van der Waals surface area contributed by atoms with Gasteiger partial charge in [0.1, 0.15) is 11.3 Å². The van der Waals surface area contributed by atoms with Crippen LogP contribution in [0.4, 0.5) is 0 Å². The molecule has 0 spiro atoms. The summed E-state index contributed by atoms with van der Waals surface area (Å²) in [6, 6.07) is 1.60. The minimum atomic E-state index is -1.07. The van der Waals surface area contributed by atoms with Crippen molar-refractivity contribution in [2.24, 2.45) is 23.7 Å². The largest absolute Gasteiger partial charge is 0.505 e. The zero-order valence-electron chi connectivity index (χ0n) is 11.3. The molecule has 4 bridgehead atoms. The molecule has 0 aromatic carbocycles. The smallest absolute Gasteiger partial charge is 0.339 e. The van der Waals surface area contributed by atoms with E-state index in [0.29, 0.717) is 17.8 Å². The summed E-state index contributed by atoms with van der Waals surface area (Å²) >= 11 is 0. The van der Waals surface area contributed by atoms with Crippen LogP contribution in [-0.4, -0.2) is 21.2 Å². The molecule has 0 saturated heterocycles. The van der Waals surface area contributed by atoms with Crippen molar-refractivity contribution in [3.63, 3.8) is 0 Å². The third kappa shape index (κ3) is 1.74. The number of hydrogen-bond acceptors (Lipinski definition) is 3. The second kappa shape index (κ2) is 4.21. The van der Waals surface area contributed by atoms with Crippen LogP contribution in [0.15, 0.2) is 12.3 Å². The third-order valence-electron chi connectivity index (χ3n) is 5.70. The van der Waals surface area contributed by atoms with Crippen LogP contribution in [0.5, 0.6) is 5.75 Å². The molecule has 20 heavy (non-hydrogen) atoms. The van der Waals surface area contributed by atoms with Crippen molar-refractivity contribution in [1.82, 2.24) is 4.98 Å². The second-order valence-electron chi connectivity index (χ2n) is 6.89. The van der Waals surface area contributed by atoms with E-state index in [0.717, 1.165) is 17.5 Å². The zero-order valence-corrected chi connectivity index (χ0v) is 11.3. The van der Waals surface area contributed by atoms with Crippen LogP contribution in [-0.2, 0) is 0 Å². The Morgan fingerprint density at radius 1 is 1.10 bits per heavy atom. The third-order valence-corrected chi connectivity index (χ3v) is 5.70. The normalized spacial score (nSPS) is 38.1. The zero-order chi connectivity index (χ0) is 13.9. The molecule has 0 amide bonds. The maximum atomic E-state index is 11.2. The number of rotatable bonds is 2. The van der Waals surface area contributed by atoms with Gasteiger partial charge in [0.05, 0.1) is 6.20 Å². The molecule has 106 valence electrons. The number of aromatic hydroxyl groups is 1. The predicted octanol–water partition coefficient (Wildman–Crippen LogP) is 3.03. The number of aromatic nitrogens is 1. The fraction of sp³-hybridized carbons (Fsp3) is 0.625. The van der Waals surface area contributed by atoms with E-state index in [1.807, 2.05) is 0 Å². The number of carbonyl (C=O) groups is 1. The molecule has 2 N–H and O–H groups in total. The standard InChI is InChI=1S/C16H19NO3/c18-14-7-17-13(6-12(14)16(19)20)15-10-2-8-1-9(4-10)5-11(15)3-8/h6-11,15,18H,1-5H2,(H,19,20). The lowest BCUT2D eigenvalue weighted by molar-refractivity contribution is -0.00422. The van der Waals surface area contributed by atoms with Gasteiger partial charge < -0.3 is 10.2 Å². The summed E-state index contributed by atoms with van der Waals surface area (Å²) in [5.41, 5.74) is 0.873. The summed E-state index contributed by atoms with van der Waals surface area (Å²) < 4.78 is 0. The highest BCUT2D eigenvalue weighted by Crippen LogP contribution is 2.59. The maximum Gasteiger partial charge on any atom is 0.339 e. The van der Waals surface area contributed by atoms with Gasteiger partial charge in [-0.15, -0.1) is 0 Å². The van der Waals surface area contributed by atoms with E-state index < -0.39 is 5.97 Å². The second-order valence-corrected chi connectivity index (χ2v) is 6.89. The average Bonchev–Trinajstić information content (AvgIpc) is 2.38. The van der Waals surface area contributed by atoms with E-state index in [4.69, 9.17) is 5.11 Å². The lowest BCUT2D eigenvalue weighted by atomic mass is 9.51. The molecule has 1 aromatic rings. The molecule has 0 radical (unpaired) electrons. The molecule has 5 rings (SSSR count). The van der Waals surface area contributed by atoms with E-state index in [1.165, 1.54) is 38.3 Å². The molecule has 0 unspecified atom stereocenters. The Bertz CT molecular complexity index is 541. The SMILES string of the molecule is O=C(O)c1cc(C2C3CC4CC(C3)CC2C4)ncc1O. The average molecular weight is 273 g/mol. The first-order valence-electron chi connectivity index (χ1n) is 7.54. The van der Waals surface area contributed by atoms with Gasteiger partial charge in [-0.1, -0.05) is 0 Å². The van der Waals surface area contributed by atoms with Gasteiger partial charge in [-0.3, -0.25) is 4.98 Å². The first kappa shape index (κ1) is 12.2. The van der Waals surface area contributed by atoms with Crippen molar-refractivity contribution in [2.45, 2.75) is 38.0 Å². The van der Waals surface area contributed by atoms with Gasteiger partial charge in [-0.05, 0) is 61.8 Å². The van der Waals surface area contributed by atoms with Gasteiger partial charge in [0.25, 0.3) is 0 Å². The van der Waals surface area contributed by atoms with Crippen LogP contribution in [0, 0.1) is 23.7 Å². The van der Waals surface area contributed by atoms with E-state index in [2.05, 4.69) is 4.98 Å². The van der Waals surface area contributed by atoms with Gasteiger partial charge in [-0.2, -0.15) is 0 Å². The Kier molecular flexibility index (Phi) is 2.56. The number of hydrogen-bond donors (Lipinski definition) is 2. The summed E-state index contributed by atoms with van der Waals surface area (Å²) in [6.07, 6.45) is 7.84. The molecule has 4 aliphatic carbocycles. The highest BCUT2D eigenvalue weighted by atomic mass is 16.4. The Hall–Kier alpha value is -1.58. The molecular formula is C16H19NO3. The van der Waals surface area contributed by atoms with Crippen LogP contribution in [0.25, 0.3) is 0 Å². The van der Waals surface area contributed by atoms with E-state index in [9.17, 15) is 9.90 Å². The first-order valence-corrected chi connectivity index (χ1v) is 7.54. The topological polar surface area (TPSA) is 70.4 Å².